The second-order valence-electron chi connectivity index (χ2n) is 6.33. The van der Waals surface area contributed by atoms with Crippen molar-refractivity contribution in [2.45, 2.75) is 6.92 Å². The number of carbonyl (C=O) groups is 2. The van der Waals surface area contributed by atoms with E-state index in [4.69, 9.17) is 9.47 Å². The van der Waals surface area contributed by atoms with Gasteiger partial charge in [0.05, 0.1) is 18.5 Å². The van der Waals surface area contributed by atoms with Crippen LogP contribution in [0.3, 0.4) is 0 Å². The predicted octanol–water partition coefficient (Wildman–Crippen LogP) is 3.82. The summed E-state index contributed by atoms with van der Waals surface area (Å²) in [5.41, 5.74) is 2.78. The highest BCUT2D eigenvalue weighted by atomic mass is 32.1. The first kappa shape index (κ1) is 18.9. The van der Waals surface area contributed by atoms with Crippen molar-refractivity contribution in [2.75, 3.05) is 30.5 Å². The van der Waals surface area contributed by atoms with Gasteiger partial charge in [-0.3, -0.25) is 14.9 Å². The Hall–Kier alpha value is -3.39. The Balaban J connectivity index is 1.56. The lowest BCUT2D eigenvalue weighted by Crippen LogP contribution is -2.38. The number of fused-ring (bicyclic) bond motifs is 1. The Morgan fingerprint density at radius 2 is 2.17 bits per heavy atom. The fraction of sp³-hybridized carbons (Fsp3) is 0.190. The quantitative estimate of drug-likeness (QED) is 0.693. The number of aromatic nitrogens is 1. The molecule has 0 bridgehead atoms. The first-order valence-electron chi connectivity index (χ1n) is 9.07. The minimum Gasteiger partial charge on any atom is -0.497 e. The van der Waals surface area contributed by atoms with Crippen LogP contribution in [0.15, 0.2) is 47.8 Å². The molecule has 2 aromatic carbocycles. The van der Waals surface area contributed by atoms with Crippen molar-refractivity contribution in [3.8, 4) is 22.8 Å². The van der Waals surface area contributed by atoms with Crippen LogP contribution in [-0.4, -0.2) is 37.1 Å². The van der Waals surface area contributed by atoms with Crippen LogP contribution in [0.1, 0.15) is 17.3 Å². The highest BCUT2D eigenvalue weighted by molar-refractivity contribution is 7.14. The summed E-state index contributed by atoms with van der Waals surface area (Å²) in [4.78, 5) is 30.8. The van der Waals surface area contributed by atoms with Crippen molar-refractivity contribution in [2.24, 2.45) is 0 Å². The maximum atomic E-state index is 12.5. The molecular formula is C21H19N3O4S. The highest BCUT2D eigenvalue weighted by Gasteiger charge is 2.24. The summed E-state index contributed by atoms with van der Waals surface area (Å²) in [6.07, 6.45) is 0. The van der Waals surface area contributed by atoms with Gasteiger partial charge in [-0.1, -0.05) is 6.07 Å². The van der Waals surface area contributed by atoms with Crippen LogP contribution >= 0.6 is 11.3 Å². The summed E-state index contributed by atoms with van der Waals surface area (Å²) in [7, 11) is 1.56. The second-order valence-corrected chi connectivity index (χ2v) is 7.19. The number of rotatable bonds is 5. The third-order valence-electron chi connectivity index (χ3n) is 4.57. The smallest absolute Gasteiger partial charge is 0.265 e. The van der Waals surface area contributed by atoms with Crippen LogP contribution in [0.4, 0.5) is 10.8 Å². The molecule has 0 atom stereocenters. The van der Waals surface area contributed by atoms with E-state index in [-0.39, 0.29) is 18.4 Å². The highest BCUT2D eigenvalue weighted by Crippen LogP contribution is 2.36. The molecule has 0 unspecified atom stereocenters. The van der Waals surface area contributed by atoms with E-state index in [2.05, 4.69) is 10.3 Å². The van der Waals surface area contributed by atoms with Gasteiger partial charge in [-0.15, -0.1) is 11.3 Å². The van der Waals surface area contributed by atoms with E-state index < -0.39 is 0 Å². The van der Waals surface area contributed by atoms with E-state index in [1.165, 1.54) is 11.3 Å². The van der Waals surface area contributed by atoms with Crippen LogP contribution in [0.2, 0.25) is 0 Å². The lowest BCUT2D eigenvalue weighted by atomic mass is 10.1. The first-order chi connectivity index (χ1) is 14.1. The number of thiazole rings is 1. The average molecular weight is 409 g/mol. The topological polar surface area (TPSA) is 80.8 Å². The number of likely N-dealkylation sites (N-methyl/N-ethyl adjacent to an activating group) is 1. The molecule has 4 rings (SSSR count). The number of methoxy groups -OCH3 is 1. The largest absolute Gasteiger partial charge is 0.497 e. The fourth-order valence-electron chi connectivity index (χ4n) is 3.11. The molecule has 29 heavy (non-hydrogen) atoms. The fourth-order valence-corrected chi connectivity index (χ4v) is 3.82. The third-order valence-corrected chi connectivity index (χ3v) is 5.33. The molecule has 2 heterocycles. The van der Waals surface area contributed by atoms with E-state index in [1.54, 1.807) is 36.3 Å². The molecular weight excluding hydrogens is 390 g/mol. The molecule has 7 nitrogen and oxygen atoms in total. The molecule has 1 aliphatic heterocycles. The Morgan fingerprint density at radius 1 is 1.31 bits per heavy atom. The molecule has 0 saturated heterocycles. The zero-order valence-electron chi connectivity index (χ0n) is 16.0. The Labute approximate surface area is 171 Å². The first-order valence-corrected chi connectivity index (χ1v) is 9.95. The summed E-state index contributed by atoms with van der Waals surface area (Å²) < 4.78 is 10.7. The van der Waals surface area contributed by atoms with Crippen molar-refractivity contribution in [1.29, 1.82) is 0 Å². The van der Waals surface area contributed by atoms with Gasteiger partial charge in [-0.05, 0) is 43.3 Å². The van der Waals surface area contributed by atoms with E-state index in [0.29, 0.717) is 34.4 Å². The van der Waals surface area contributed by atoms with E-state index in [1.807, 2.05) is 30.5 Å². The molecule has 0 fully saturated rings. The molecule has 3 aromatic rings. The van der Waals surface area contributed by atoms with Gasteiger partial charge in [-0.2, -0.15) is 0 Å². The van der Waals surface area contributed by atoms with Crippen molar-refractivity contribution in [3.63, 3.8) is 0 Å². The maximum Gasteiger partial charge on any atom is 0.265 e. The predicted molar refractivity (Wildman–Crippen MR) is 112 cm³/mol. The number of benzene rings is 2. The van der Waals surface area contributed by atoms with Gasteiger partial charge in [0.25, 0.3) is 11.8 Å². The molecule has 1 N–H and O–H groups in total. The zero-order chi connectivity index (χ0) is 20.4. The zero-order valence-corrected chi connectivity index (χ0v) is 16.8. The lowest BCUT2D eigenvalue weighted by Gasteiger charge is -2.28. The standard InChI is InChI=1S/C21H19N3O4S/c1-3-24-17-10-13(7-8-18(17)28-11-19(24)25)16-12-29-21(22-16)23-20(26)14-5-4-6-15(9-14)27-2/h4-10,12H,3,11H2,1-2H3,(H,22,23,26). The summed E-state index contributed by atoms with van der Waals surface area (Å²) in [6, 6.07) is 12.5. The molecule has 148 valence electrons. The Bertz CT molecular complexity index is 1080. The summed E-state index contributed by atoms with van der Waals surface area (Å²) >= 11 is 1.34. The van der Waals surface area contributed by atoms with Crippen molar-refractivity contribution >= 4 is 34.0 Å². The molecule has 2 amide bonds. The third kappa shape index (κ3) is 3.79. The van der Waals surface area contributed by atoms with Crippen LogP contribution in [0.25, 0.3) is 11.3 Å². The van der Waals surface area contributed by atoms with Crippen LogP contribution < -0.4 is 19.7 Å². The molecule has 8 heteroatoms. The number of nitrogens with one attached hydrogen (secondary N) is 1. The van der Waals surface area contributed by atoms with Gasteiger partial charge >= 0.3 is 0 Å². The molecule has 1 aliphatic rings. The molecule has 0 spiro atoms. The Kier molecular flexibility index (Phi) is 5.18. The number of anilines is 2. The van der Waals surface area contributed by atoms with Gasteiger partial charge < -0.3 is 14.4 Å². The molecule has 1 aromatic heterocycles. The van der Waals surface area contributed by atoms with Gasteiger partial charge in [0.2, 0.25) is 0 Å². The van der Waals surface area contributed by atoms with Gasteiger partial charge in [-0.25, -0.2) is 4.98 Å². The number of hydrogen-bond acceptors (Lipinski definition) is 6. The second kappa shape index (κ2) is 7.92. The summed E-state index contributed by atoms with van der Waals surface area (Å²) in [5.74, 6) is 0.967. The summed E-state index contributed by atoms with van der Waals surface area (Å²) in [5, 5.41) is 5.17. The van der Waals surface area contributed by atoms with Gasteiger partial charge in [0, 0.05) is 23.1 Å². The van der Waals surface area contributed by atoms with E-state index >= 15 is 0 Å². The number of ether oxygens (including phenoxy) is 2. The SMILES string of the molecule is CCN1C(=O)COc2ccc(-c3csc(NC(=O)c4cccc(OC)c4)n3)cc21. The van der Waals surface area contributed by atoms with E-state index in [9.17, 15) is 9.59 Å². The monoisotopic (exact) mass is 409 g/mol. The number of hydrogen-bond donors (Lipinski definition) is 1. The van der Waals surface area contributed by atoms with E-state index in [0.717, 1.165) is 11.3 Å². The maximum absolute atomic E-state index is 12.5. The number of amides is 2. The Morgan fingerprint density at radius 3 is 2.97 bits per heavy atom. The van der Waals surface area contributed by atoms with Crippen LogP contribution in [0.5, 0.6) is 11.5 Å². The van der Waals surface area contributed by atoms with Crippen molar-refractivity contribution in [1.82, 2.24) is 4.98 Å². The average Bonchev–Trinajstić information content (AvgIpc) is 3.21. The molecule has 0 aliphatic carbocycles. The van der Waals surface area contributed by atoms with Crippen molar-refractivity contribution < 1.29 is 19.1 Å². The normalized spacial score (nSPS) is 12.9. The van der Waals surface area contributed by atoms with Gasteiger partial charge in [0.1, 0.15) is 11.5 Å². The molecule has 0 saturated carbocycles. The number of carbonyl (C=O) groups excluding carboxylic acids is 2. The minimum atomic E-state index is -0.258. The minimum absolute atomic E-state index is 0.0529. The lowest BCUT2D eigenvalue weighted by molar-refractivity contribution is -0.121. The number of nitrogens with zero attached hydrogens (tertiary/aromatic N) is 2. The molecule has 0 radical (unpaired) electrons. The summed E-state index contributed by atoms with van der Waals surface area (Å²) in [6.45, 7) is 2.55. The van der Waals surface area contributed by atoms with Crippen molar-refractivity contribution in [3.05, 3.63) is 53.4 Å². The van der Waals surface area contributed by atoms with Gasteiger partial charge in [0.15, 0.2) is 11.7 Å². The van der Waals surface area contributed by atoms with Crippen LogP contribution in [0, 0.1) is 0 Å². The van der Waals surface area contributed by atoms with Crippen LogP contribution in [-0.2, 0) is 4.79 Å².